The Hall–Kier alpha value is -2.49. The molecule has 0 spiro atoms. The summed E-state index contributed by atoms with van der Waals surface area (Å²) >= 11 is 0. The van der Waals surface area contributed by atoms with Gasteiger partial charge >= 0.3 is 0 Å². The summed E-state index contributed by atoms with van der Waals surface area (Å²) < 4.78 is 0. The highest BCUT2D eigenvalue weighted by molar-refractivity contribution is 5.94. The van der Waals surface area contributed by atoms with Crippen molar-refractivity contribution in [3.8, 4) is 0 Å². The molecule has 21 heavy (non-hydrogen) atoms. The summed E-state index contributed by atoms with van der Waals surface area (Å²) in [6.07, 6.45) is 1.00. The molecule has 2 aromatic carbocycles. The predicted molar refractivity (Wildman–Crippen MR) is 86.6 cm³/mol. The Morgan fingerprint density at radius 3 is 2.90 bits per heavy atom. The number of nitrogen functional groups attached to an aromatic ring is 1. The van der Waals surface area contributed by atoms with Crippen LogP contribution < -0.4 is 16.0 Å². The van der Waals surface area contributed by atoms with E-state index in [4.69, 9.17) is 5.73 Å². The van der Waals surface area contributed by atoms with Gasteiger partial charge in [0.1, 0.15) is 0 Å². The second-order valence-electron chi connectivity index (χ2n) is 5.42. The van der Waals surface area contributed by atoms with Gasteiger partial charge in [-0.1, -0.05) is 24.3 Å². The zero-order chi connectivity index (χ0) is 14.8. The number of nitrogens with two attached hydrogens (primary N) is 1. The molecule has 0 saturated carbocycles. The van der Waals surface area contributed by atoms with Crippen LogP contribution in [0.15, 0.2) is 42.5 Å². The molecule has 0 aromatic heterocycles. The fraction of sp³-hybridized carbons (Fsp3) is 0.235. The van der Waals surface area contributed by atoms with Crippen molar-refractivity contribution in [3.05, 3.63) is 53.6 Å². The first-order chi connectivity index (χ1) is 10.1. The van der Waals surface area contributed by atoms with Crippen LogP contribution >= 0.6 is 0 Å². The molecule has 1 heterocycles. The molecule has 4 heteroatoms. The Labute approximate surface area is 124 Å². The molecule has 2 aromatic rings. The lowest BCUT2D eigenvalue weighted by atomic mass is 10.2. The lowest BCUT2D eigenvalue weighted by Gasteiger charge is -2.18. The minimum absolute atomic E-state index is 0.0186. The van der Waals surface area contributed by atoms with Crippen LogP contribution in [0.25, 0.3) is 0 Å². The Kier molecular flexibility index (Phi) is 3.52. The summed E-state index contributed by atoms with van der Waals surface area (Å²) in [6, 6.07) is 13.8. The van der Waals surface area contributed by atoms with Crippen LogP contribution in [-0.4, -0.2) is 19.0 Å². The number of nitrogens with zero attached hydrogens (tertiary/aromatic N) is 1. The average molecular weight is 281 g/mol. The SMILES string of the molecule is Cc1ccc(NC(=O)CN2CCc3ccccc32)cc1N. The molecule has 0 bridgehead atoms. The molecule has 0 saturated heterocycles. The first kappa shape index (κ1) is 13.5. The second-order valence-corrected chi connectivity index (χ2v) is 5.42. The highest BCUT2D eigenvalue weighted by atomic mass is 16.2. The number of carbonyl (C=O) groups excluding carboxylic acids is 1. The number of rotatable bonds is 3. The molecule has 0 aliphatic carbocycles. The molecule has 0 fully saturated rings. The van der Waals surface area contributed by atoms with Gasteiger partial charge in [-0.15, -0.1) is 0 Å². The van der Waals surface area contributed by atoms with E-state index < -0.39 is 0 Å². The smallest absolute Gasteiger partial charge is 0.243 e. The average Bonchev–Trinajstić information content (AvgIpc) is 2.86. The van der Waals surface area contributed by atoms with Gasteiger partial charge in [0.2, 0.25) is 5.91 Å². The largest absolute Gasteiger partial charge is 0.398 e. The summed E-state index contributed by atoms with van der Waals surface area (Å²) in [6.45, 7) is 3.20. The molecule has 1 amide bonds. The fourth-order valence-corrected chi connectivity index (χ4v) is 2.66. The van der Waals surface area contributed by atoms with E-state index in [0.717, 1.165) is 29.9 Å². The molecule has 1 aliphatic heterocycles. The summed E-state index contributed by atoms with van der Waals surface area (Å²) in [5, 5.41) is 2.91. The second kappa shape index (κ2) is 5.48. The van der Waals surface area contributed by atoms with E-state index in [0.29, 0.717) is 12.2 Å². The van der Waals surface area contributed by atoms with E-state index in [2.05, 4.69) is 22.3 Å². The van der Waals surface area contributed by atoms with E-state index in [1.54, 1.807) is 6.07 Å². The van der Waals surface area contributed by atoms with Crippen molar-refractivity contribution in [2.24, 2.45) is 0 Å². The lowest BCUT2D eigenvalue weighted by molar-refractivity contribution is -0.115. The maximum Gasteiger partial charge on any atom is 0.243 e. The number of benzene rings is 2. The van der Waals surface area contributed by atoms with Gasteiger partial charge in [0.05, 0.1) is 6.54 Å². The maximum atomic E-state index is 12.2. The first-order valence-electron chi connectivity index (χ1n) is 7.12. The monoisotopic (exact) mass is 281 g/mol. The molecule has 0 atom stereocenters. The lowest BCUT2D eigenvalue weighted by Crippen LogP contribution is -2.31. The molecule has 0 unspecified atom stereocenters. The minimum atomic E-state index is -0.0186. The van der Waals surface area contributed by atoms with Crippen molar-refractivity contribution in [2.75, 3.05) is 29.0 Å². The number of nitrogens with one attached hydrogen (secondary N) is 1. The van der Waals surface area contributed by atoms with Crippen molar-refractivity contribution < 1.29 is 4.79 Å². The molecule has 4 nitrogen and oxygen atoms in total. The highest BCUT2D eigenvalue weighted by Crippen LogP contribution is 2.27. The Morgan fingerprint density at radius 2 is 2.10 bits per heavy atom. The van der Waals surface area contributed by atoms with Crippen molar-refractivity contribution in [3.63, 3.8) is 0 Å². The third kappa shape index (κ3) is 2.84. The maximum absolute atomic E-state index is 12.2. The minimum Gasteiger partial charge on any atom is -0.398 e. The summed E-state index contributed by atoms with van der Waals surface area (Å²) in [5.74, 6) is -0.0186. The van der Waals surface area contributed by atoms with Gasteiger partial charge in [-0.25, -0.2) is 0 Å². The van der Waals surface area contributed by atoms with Crippen LogP contribution in [0, 0.1) is 6.92 Å². The van der Waals surface area contributed by atoms with Crippen LogP contribution in [0.3, 0.4) is 0 Å². The molecular weight excluding hydrogens is 262 g/mol. The van der Waals surface area contributed by atoms with Crippen molar-refractivity contribution in [1.29, 1.82) is 0 Å². The molecule has 0 radical (unpaired) electrons. The summed E-state index contributed by atoms with van der Waals surface area (Å²) in [5.41, 5.74) is 10.8. The summed E-state index contributed by atoms with van der Waals surface area (Å²) in [7, 11) is 0. The predicted octanol–water partition coefficient (Wildman–Crippen LogP) is 2.58. The fourth-order valence-electron chi connectivity index (χ4n) is 2.66. The third-order valence-corrected chi connectivity index (χ3v) is 3.88. The molecule has 3 rings (SSSR count). The highest BCUT2D eigenvalue weighted by Gasteiger charge is 2.20. The van der Waals surface area contributed by atoms with Crippen molar-refractivity contribution >= 4 is 23.0 Å². The zero-order valence-corrected chi connectivity index (χ0v) is 12.1. The number of hydrogen-bond donors (Lipinski definition) is 2. The van der Waals surface area contributed by atoms with E-state index >= 15 is 0 Å². The number of carbonyl (C=O) groups is 1. The van der Waals surface area contributed by atoms with Gasteiger partial charge in [-0.05, 0) is 42.7 Å². The Bertz CT molecular complexity index is 681. The topological polar surface area (TPSA) is 58.4 Å². The van der Waals surface area contributed by atoms with Crippen LogP contribution in [0.4, 0.5) is 17.1 Å². The van der Waals surface area contributed by atoms with E-state index in [9.17, 15) is 4.79 Å². The third-order valence-electron chi connectivity index (χ3n) is 3.88. The molecule has 3 N–H and O–H groups in total. The molecule has 108 valence electrons. The van der Waals surface area contributed by atoms with Gasteiger partial charge in [0, 0.05) is 23.6 Å². The van der Waals surface area contributed by atoms with Crippen LogP contribution in [0.1, 0.15) is 11.1 Å². The number of fused-ring (bicyclic) bond motifs is 1. The van der Waals surface area contributed by atoms with Gasteiger partial charge in [0.25, 0.3) is 0 Å². The number of amides is 1. The van der Waals surface area contributed by atoms with Gasteiger partial charge in [-0.3, -0.25) is 4.79 Å². The van der Waals surface area contributed by atoms with E-state index in [-0.39, 0.29) is 5.91 Å². The van der Waals surface area contributed by atoms with E-state index in [1.165, 1.54) is 5.56 Å². The number of para-hydroxylation sites is 1. The number of hydrogen-bond acceptors (Lipinski definition) is 3. The molecule has 1 aliphatic rings. The van der Waals surface area contributed by atoms with Gasteiger partial charge < -0.3 is 16.0 Å². The zero-order valence-electron chi connectivity index (χ0n) is 12.1. The quantitative estimate of drug-likeness (QED) is 0.850. The Morgan fingerprint density at radius 1 is 1.29 bits per heavy atom. The number of anilines is 3. The molecular formula is C17H19N3O. The van der Waals surface area contributed by atoms with Crippen LogP contribution in [-0.2, 0) is 11.2 Å². The Balaban J connectivity index is 1.66. The normalized spacial score (nSPS) is 13.1. The summed E-state index contributed by atoms with van der Waals surface area (Å²) in [4.78, 5) is 14.3. The number of aryl methyl sites for hydroxylation is 1. The van der Waals surface area contributed by atoms with Crippen LogP contribution in [0.5, 0.6) is 0 Å². The van der Waals surface area contributed by atoms with Crippen molar-refractivity contribution in [2.45, 2.75) is 13.3 Å². The van der Waals surface area contributed by atoms with Crippen LogP contribution in [0.2, 0.25) is 0 Å². The van der Waals surface area contributed by atoms with Crippen molar-refractivity contribution in [1.82, 2.24) is 0 Å². The first-order valence-corrected chi connectivity index (χ1v) is 7.12. The van der Waals surface area contributed by atoms with Gasteiger partial charge in [-0.2, -0.15) is 0 Å². The standard InChI is InChI=1S/C17H19N3O/c1-12-6-7-14(10-15(12)18)19-17(21)11-20-9-8-13-4-2-3-5-16(13)20/h2-7,10H,8-9,11,18H2,1H3,(H,19,21). The van der Waals surface area contributed by atoms with Gasteiger partial charge in [0.15, 0.2) is 0 Å². The van der Waals surface area contributed by atoms with E-state index in [1.807, 2.05) is 31.2 Å².